The zero-order valence-corrected chi connectivity index (χ0v) is 11.5. The first-order valence-corrected chi connectivity index (χ1v) is 6.15. The smallest absolute Gasteiger partial charge is 0.323 e. The van der Waals surface area contributed by atoms with Crippen molar-refractivity contribution in [2.75, 3.05) is 6.54 Å². The number of carbonyl (C=O) groups excluding carboxylic acids is 1. The molecular formula is C14H23NO2. The minimum absolute atomic E-state index is 0.154. The van der Waals surface area contributed by atoms with E-state index in [1.807, 2.05) is 34.6 Å². The number of hydrogen-bond donors (Lipinski definition) is 0. The Hall–Kier alpha value is -1.01. The lowest BCUT2D eigenvalue weighted by molar-refractivity contribution is -0.161. The maximum Gasteiger partial charge on any atom is 0.323 e. The maximum absolute atomic E-state index is 12.1. The Balaban J connectivity index is 2.78. The highest BCUT2D eigenvalue weighted by Gasteiger charge is 2.40. The number of carbonyl (C=O) groups is 1. The molecule has 1 aliphatic heterocycles. The molecule has 0 aromatic carbocycles. The lowest BCUT2D eigenvalue weighted by atomic mass is 10.0. The fraction of sp³-hybridized carbons (Fsp3) is 0.786. The molecule has 1 rings (SSSR count). The average Bonchev–Trinajstić information content (AvgIpc) is 2.63. The van der Waals surface area contributed by atoms with Crippen molar-refractivity contribution >= 4 is 5.97 Å². The Morgan fingerprint density at radius 1 is 1.35 bits per heavy atom. The van der Waals surface area contributed by atoms with Crippen molar-refractivity contribution in [1.82, 2.24) is 4.90 Å². The first-order chi connectivity index (χ1) is 7.67. The second-order valence-electron chi connectivity index (χ2n) is 6.09. The molecule has 1 unspecified atom stereocenters. The summed E-state index contributed by atoms with van der Waals surface area (Å²) < 4.78 is 5.44. The summed E-state index contributed by atoms with van der Waals surface area (Å²) in [7, 11) is 0. The minimum Gasteiger partial charge on any atom is -0.459 e. The van der Waals surface area contributed by atoms with E-state index in [4.69, 9.17) is 11.2 Å². The van der Waals surface area contributed by atoms with E-state index >= 15 is 0 Å². The number of nitrogens with zero attached hydrogens (tertiary/aromatic N) is 1. The highest BCUT2D eigenvalue weighted by Crippen LogP contribution is 2.28. The average molecular weight is 237 g/mol. The van der Waals surface area contributed by atoms with E-state index in [9.17, 15) is 4.79 Å². The normalized spacial score (nSPS) is 22.2. The van der Waals surface area contributed by atoms with Crippen LogP contribution in [0.3, 0.4) is 0 Å². The van der Waals surface area contributed by atoms with Gasteiger partial charge < -0.3 is 4.74 Å². The van der Waals surface area contributed by atoms with Gasteiger partial charge in [-0.25, -0.2) is 0 Å². The predicted molar refractivity (Wildman–Crippen MR) is 68.5 cm³/mol. The summed E-state index contributed by atoms with van der Waals surface area (Å²) in [5, 5.41) is 0. The van der Waals surface area contributed by atoms with Crippen molar-refractivity contribution < 1.29 is 9.53 Å². The molecule has 3 nitrogen and oxygen atoms in total. The van der Waals surface area contributed by atoms with Crippen molar-refractivity contribution in [2.24, 2.45) is 0 Å². The third-order valence-corrected chi connectivity index (χ3v) is 3.00. The molecule has 0 radical (unpaired) electrons. The van der Waals surface area contributed by atoms with Crippen LogP contribution in [0.15, 0.2) is 0 Å². The molecule has 0 spiro atoms. The van der Waals surface area contributed by atoms with Gasteiger partial charge in [0.1, 0.15) is 11.6 Å². The van der Waals surface area contributed by atoms with E-state index < -0.39 is 11.1 Å². The molecule has 1 atom stereocenters. The van der Waals surface area contributed by atoms with Crippen LogP contribution < -0.4 is 0 Å². The van der Waals surface area contributed by atoms with Gasteiger partial charge in [-0.05, 0) is 47.5 Å². The Morgan fingerprint density at radius 3 is 2.41 bits per heavy atom. The van der Waals surface area contributed by atoms with Gasteiger partial charge in [-0.1, -0.05) is 5.92 Å². The van der Waals surface area contributed by atoms with Gasteiger partial charge in [0.15, 0.2) is 0 Å². The zero-order valence-electron chi connectivity index (χ0n) is 11.5. The zero-order chi connectivity index (χ0) is 13.3. The highest BCUT2D eigenvalue weighted by molar-refractivity contribution is 5.76. The Bertz CT molecular complexity index is 333. The first-order valence-electron chi connectivity index (χ1n) is 6.15. The van der Waals surface area contributed by atoms with Gasteiger partial charge >= 0.3 is 5.97 Å². The lowest BCUT2D eigenvalue weighted by Crippen LogP contribution is -2.50. The summed E-state index contributed by atoms with van der Waals surface area (Å²) in [5.74, 6) is 2.59. The fourth-order valence-corrected chi connectivity index (χ4v) is 2.13. The van der Waals surface area contributed by atoms with Gasteiger partial charge in [-0.3, -0.25) is 9.69 Å². The van der Waals surface area contributed by atoms with Crippen molar-refractivity contribution in [1.29, 1.82) is 0 Å². The van der Waals surface area contributed by atoms with Crippen molar-refractivity contribution in [3.05, 3.63) is 0 Å². The van der Waals surface area contributed by atoms with Crippen LogP contribution in [0.4, 0.5) is 0 Å². The Labute approximate surface area is 105 Å². The summed E-state index contributed by atoms with van der Waals surface area (Å²) in [6, 6.07) is -0.194. The number of ether oxygens (including phenoxy) is 1. The quantitative estimate of drug-likeness (QED) is 0.545. The van der Waals surface area contributed by atoms with Crippen LogP contribution in [0.25, 0.3) is 0 Å². The van der Waals surface area contributed by atoms with Gasteiger partial charge in [-0.2, -0.15) is 0 Å². The molecule has 0 bridgehead atoms. The Kier molecular flexibility index (Phi) is 3.88. The van der Waals surface area contributed by atoms with Gasteiger partial charge in [0.25, 0.3) is 0 Å². The summed E-state index contributed by atoms with van der Waals surface area (Å²) in [4.78, 5) is 14.2. The molecule has 0 saturated carbocycles. The van der Waals surface area contributed by atoms with Crippen LogP contribution in [-0.4, -0.2) is 34.6 Å². The van der Waals surface area contributed by atoms with Crippen LogP contribution in [0.2, 0.25) is 0 Å². The van der Waals surface area contributed by atoms with Crippen LogP contribution in [0, 0.1) is 12.3 Å². The molecular weight excluding hydrogens is 214 g/mol. The molecule has 1 saturated heterocycles. The van der Waals surface area contributed by atoms with E-state index in [0.717, 1.165) is 19.4 Å². The highest BCUT2D eigenvalue weighted by atomic mass is 16.6. The number of esters is 1. The van der Waals surface area contributed by atoms with E-state index in [-0.39, 0.29) is 12.0 Å². The molecule has 3 heteroatoms. The van der Waals surface area contributed by atoms with E-state index in [1.165, 1.54) is 0 Å². The minimum atomic E-state index is -0.439. The summed E-state index contributed by atoms with van der Waals surface area (Å²) in [6.45, 7) is 10.5. The van der Waals surface area contributed by atoms with Crippen LogP contribution in [-0.2, 0) is 9.53 Å². The van der Waals surface area contributed by atoms with Crippen LogP contribution in [0.5, 0.6) is 0 Å². The molecule has 1 fully saturated rings. The molecule has 1 heterocycles. The van der Waals surface area contributed by atoms with Crippen molar-refractivity contribution in [2.45, 2.75) is 64.6 Å². The molecule has 0 aliphatic carbocycles. The van der Waals surface area contributed by atoms with Gasteiger partial charge in [0.2, 0.25) is 0 Å². The Morgan fingerprint density at radius 2 is 1.94 bits per heavy atom. The standard InChI is InChI=1S/C14H23NO2/c1-7-14(5,6)15-10-8-9-11(15)12(16)17-13(2,3)4/h1,11H,8-10H2,2-6H3. The molecule has 0 N–H and O–H groups in total. The fourth-order valence-electron chi connectivity index (χ4n) is 2.13. The number of likely N-dealkylation sites (tertiary alicyclic amines) is 1. The molecule has 96 valence electrons. The van der Waals surface area contributed by atoms with E-state index in [1.54, 1.807) is 0 Å². The molecule has 0 aromatic heterocycles. The summed E-state index contributed by atoms with van der Waals surface area (Å²) in [5.41, 5.74) is -0.830. The SMILES string of the molecule is C#CC(C)(C)N1CCCC1C(=O)OC(C)(C)C. The maximum atomic E-state index is 12.1. The van der Waals surface area contributed by atoms with Gasteiger partial charge in [-0.15, -0.1) is 6.42 Å². The van der Waals surface area contributed by atoms with Crippen LogP contribution in [0.1, 0.15) is 47.5 Å². The first kappa shape index (κ1) is 14.1. The molecule has 1 aliphatic rings. The third kappa shape index (κ3) is 3.47. The topological polar surface area (TPSA) is 29.5 Å². The predicted octanol–water partition coefficient (Wildman–Crippen LogP) is 2.20. The number of rotatable bonds is 2. The molecule has 17 heavy (non-hydrogen) atoms. The second-order valence-corrected chi connectivity index (χ2v) is 6.09. The number of hydrogen-bond acceptors (Lipinski definition) is 3. The van der Waals surface area contributed by atoms with Crippen molar-refractivity contribution in [3.63, 3.8) is 0 Å². The largest absolute Gasteiger partial charge is 0.459 e. The van der Waals surface area contributed by atoms with Crippen LogP contribution >= 0.6 is 0 Å². The summed E-state index contributed by atoms with van der Waals surface area (Å²) >= 11 is 0. The second kappa shape index (κ2) is 4.70. The number of terminal acetylenes is 1. The van der Waals surface area contributed by atoms with E-state index in [2.05, 4.69) is 10.8 Å². The lowest BCUT2D eigenvalue weighted by Gasteiger charge is -2.35. The van der Waals surface area contributed by atoms with Gasteiger partial charge in [0, 0.05) is 6.54 Å². The van der Waals surface area contributed by atoms with Gasteiger partial charge in [0.05, 0.1) is 5.54 Å². The third-order valence-electron chi connectivity index (χ3n) is 3.00. The molecule has 0 aromatic rings. The molecule has 0 amide bonds. The van der Waals surface area contributed by atoms with Crippen molar-refractivity contribution in [3.8, 4) is 12.3 Å². The summed E-state index contributed by atoms with van der Waals surface area (Å²) in [6.07, 6.45) is 7.36. The monoisotopic (exact) mass is 237 g/mol. The van der Waals surface area contributed by atoms with E-state index in [0.29, 0.717) is 0 Å².